The van der Waals surface area contributed by atoms with Gasteiger partial charge in [0.15, 0.2) is 0 Å². The van der Waals surface area contributed by atoms with Crippen molar-refractivity contribution in [2.45, 2.75) is 63.9 Å². The standard InChI is InChI=1S/C26H35F3N4O3/c1-16(2)25(7-4-17(12-25)10-18-6-9-36-15-21(18)35-3)23(34)32-13-20-11-19(32)14-33(20)24-30-8-5-22(31-24)26(27,28)29/h4-5,7-8,16-21H,6,9-15H2,1-3H3/t17-,18+,19+,20+,21+,25-/m0/s1. The zero-order chi connectivity index (χ0) is 25.7. The van der Waals surface area contributed by atoms with Crippen LogP contribution in [-0.4, -0.2) is 72.4 Å². The Morgan fingerprint density at radius 2 is 2.11 bits per heavy atom. The van der Waals surface area contributed by atoms with E-state index in [2.05, 4.69) is 36.0 Å². The molecule has 0 unspecified atom stereocenters. The Morgan fingerprint density at radius 1 is 1.31 bits per heavy atom. The minimum absolute atomic E-state index is 0.0444. The number of nitrogens with zero attached hydrogens (tertiary/aromatic N) is 4. The van der Waals surface area contributed by atoms with Gasteiger partial charge in [-0.3, -0.25) is 4.79 Å². The fourth-order valence-electron chi connectivity index (χ4n) is 6.62. The third-order valence-corrected chi connectivity index (χ3v) is 8.73. The molecular weight excluding hydrogens is 473 g/mol. The number of ether oxygens (including phenoxy) is 2. The number of rotatable bonds is 6. The van der Waals surface area contributed by atoms with Crippen LogP contribution in [0.15, 0.2) is 24.4 Å². The first-order valence-corrected chi connectivity index (χ1v) is 12.9. The number of carbonyl (C=O) groups is 1. The van der Waals surface area contributed by atoms with E-state index in [4.69, 9.17) is 9.47 Å². The monoisotopic (exact) mass is 508 g/mol. The summed E-state index contributed by atoms with van der Waals surface area (Å²) in [7, 11) is 1.73. The summed E-state index contributed by atoms with van der Waals surface area (Å²) < 4.78 is 50.6. The smallest absolute Gasteiger partial charge is 0.379 e. The number of hydrogen-bond acceptors (Lipinski definition) is 6. The number of allylic oxidation sites excluding steroid dienone is 1. The van der Waals surface area contributed by atoms with E-state index in [1.54, 1.807) is 7.11 Å². The molecule has 3 saturated heterocycles. The number of hydrogen-bond donors (Lipinski definition) is 0. The van der Waals surface area contributed by atoms with E-state index in [1.807, 2.05) is 9.80 Å². The summed E-state index contributed by atoms with van der Waals surface area (Å²) in [6.07, 6.45) is 4.54. The number of aromatic nitrogens is 2. The van der Waals surface area contributed by atoms with Crippen LogP contribution in [0.3, 0.4) is 0 Å². The minimum atomic E-state index is -4.51. The third-order valence-electron chi connectivity index (χ3n) is 8.73. The van der Waals surface area contributed by atoms with E-state index in [-0.39, 0.29) is 36.0 Å². The second kappa shape index (κ2) is 9.59. The summed E-state index contributed by atoms with van der Waals surface area (Å²) >= 11 is 0. The number of anilines is 1. The lowest BCUT2D eigenvalue weighted by Crippen LogP contribution is -2.54. The summed E-state index contributed by atoms with van der Waals surface area (Å²) in [6, 6.07) is 0.771. The molecule has 36 heavy (non-hydrogen) atoms. The normalized spacial score (nSPS) is 34.2. The number of amides is 1. The summed E-state index contributed by atoms with van der Waals surface area (Å²) in [5, 5.41) is 0. The van der Waals surface area contributed by atoms with Gasteiger partial charge in [0.1, 0.15) is 5.69 Å². The Bertz CT molecular complexity index is 1000. The molecule has 198 valence electrons. The Balaban J connectivity index is 1.26. The third kappa shape index (κ3) is 4.51. The van der Waals surface area contributed by atoms with Crippen molar-refractivity contribution in [1.29, 1.82) is 0 Å². The molecule has 4 aliphatic rings. The van der Waals surface area contributed by atoms with Crippen molar-refractivity contribution in [3.05, 3.63) is 30.1 Å². The first kappa shape index (κ1) is 25.4. The van der Waals surface area contributed by atoms with Crippen LogP contribution in [0.25, 0.3) is 0 Å². The molecule has 1 aliphatic carbocycles. The Morgan fingerprint density at radius 3 is 2.78 bits per heavy atom. The largest absolute Gasteiger partial charge is 0.433 e. The summed E-state index contributed by atoms with van der Waals surface area (Å²) in [6.45, 7) is 6.52. The molecule has 0 aromatic carbocycles. The number of alkyl halides is 3. The number of halogens is 3. The van der Waals surface area contributed by atoms with Crippen molar-refractivity contribution >= 4 is 11.9 Å². The number of piperazine rings is 1. The number of carbonyl (C=O) groups excluding carboxylic acids is 1. The van der Waals surface area contributed by atoms with Gasteiger partial charge in [0.25, 0.3) is 0 Å². The molecule has 3 fully saturated rings. The van der Waals surface area contributed by atoms with Crippen LogP contribution in [0.5, 0.6) is 0 Å². The lowest BCUT2D eigenvalue weighted by molar-refractivity contribution is -0.143. The molecule has 1 aromatic heterocycles. The molecule has 0 spiro atoms. The molecule has 0 saturated carbocycles. The fraction of sp³-hybridized carbons (Fsp3) is 0.731. The van der Waals surface area contributed by atoms with Crippen LogP contribution in [0, 0.1) is 23.2 Å². The van der Waals surface area contributed by atoms with Crippen LogP contribution >= 0.6 is 0 Å². The molecule has 1 aromatic rings. The zero-order valence-corrected chi connectivity index (χ0v) is 21.1. The second-order valence-corrected chi connectivity index (χ2v) is 11.0. The maximum Gasteiger partial charge on any atom is 0.433 e. The van der Waals surface area contributed by atoms with Crippen molar-refractivity contribution < 1.29 is 27.4 Å². The number of fused-ring (bicyclic) bond motifs is 2. The van der Waals surface area contributed by atoms with Gasteiger partial charge in [-0.25, -0.2) is 9.97 Å². The van der Waals surface area contributed by atoms with Crippen molar-refractivity contribution in [2.24, 2.45) is 23.2 Å². The highest BCUT2D eigenvalue weighted by atomic mass is 19.4. The molecule has 4 heterocycles. The summed E-state index contributed by atoms with van der Waals surface area (Å²) in [5.74, 6) is 1.10. The maximum atomic E-state index is 14.0. The van der Waals surface area contributed by atoms with Gasteiger partial charge in [-0.1, -0.05) is 26.0 Å². The first-order chi connectivity index (χ1) is 17.1. The topological polar surface area (TPSA) is 67.8 Å². The molecule has 10 heteroatoms. The quantitative estimate of drug-likeness (QED) is 0.543. The molecule has 5 rings (SSSR count). The molecule has 6 atom stereocenters. The van der Waals surface area contributed by atoms with Crippen LogP contribution in [0.4, 0.5) is 19.1 Å². The van der Waals surface area contributed by atoms with Gasteiger partial charge in [-0.2, -0.15) is 13.2 Å². The lowest BCUT2D eigenvalue weighted by atomic mass is 9.72. The predicted molar refractivity (Wildman–Crippen MR) is 127 cm³/mol. The number of methoxy groups -OCH3 is 1. The van der Waals surface area contributed by atoms with Gasteiger partial charge < -0.3 is 19.3 Å². The maximum absolute atomic E-state index is 14.0. The number of likely N-dealkylation sites (tertiary alicyclic amines) is 1. The van der Waals surface area contributed by atoms with Crippen LogP contribution < -0.4 is 4.90 Å². The molecule has 0 N–H and O–H groups in total. The summed E-state index contributed by atoms with van der Waals surface area (Å²) in [4.78, 5) is 25.7. The van der Waals surface area contributed by atoms with Crippen molar-refractivity contribution in [3.8, 4) is 0 Å². The molecule has 2 bridgehead atoms. The Labute approximate surface area is 210 Å². The van der Waals surface area contributed by atoms with E-state index in [1.165, 1.54) is 0 Å². The van der Waals surface area contributed by atoms with Gasteiger partial charge in [0.05, 0.1) is 30.2 Å². The highest BCUT2D eigenvalue weighted by Gasteiger charge is 2.53. The lowest BCUT2D eigenvalue weighted by Gasteiger charge is -2.41. The molecule has 0 radical (unpaired) electrons. The van der Waals surface area contributed by atoms with Gasteiger partial charge in [0.2, 0.25) is 11.9 Å². The van der Waals surface area contributed by atoms with Crippen LogP contribution in [0.2, 0.25) is 0 Å². The second-order valence-electron chi connectivity index (χ2n) is 11.0. The van der Waals surface area contributed by atoms with Gasteiger partial charge >= 0.3 is 6.18 Å². The molecule has 7 nitrogen and oxygen atoms in total. The van der Waals surface area contributed by atoms with E-state index >= 15 is 0 Å². The fourth-order valence-corrected chi connectivity index (χ4v) is 6.62. The Hall–Kier alpha value is -2.20. The van der Waals surface area contributed by atoms with Crippen molar-refractivity contribution in [2.75, 3.05) is 38.3 Å². The van der Waals surface area contributed by atoms with Crippen molar-refractivity contribution in [1.82, 2.24) is 14.9 Å². The van der Waals surface area contributed by atoms with Crippen LogP contribution in [0.1, 0.15) is 45.2 Å². The summed E-state index contributed by atoms with van der Waals surface area (Å²) in [5.41, 5.74) is -1.50. The van der Waals surface area contributed by atoms with Gasteiger partial charge in [-0.15, -0.1) is 0 Å². The van der Waals surface area contributed by atoms with E-state index in [9.17, 15) is 18.0 Å². The van der Waals surface area contributed by atoms with E-state index in [0.717, 1.165) is 44.6 Å². The molecule has 1 amide bonds. The average molecular weight is 509 g/mol. The Kier molecular flexibility index (Phi) is 6.78. The molecule has 3 aliphatic heterocycles. The SMILES string of the molecule is CO[C@@H]1COCC[C@@H]1C[C@@H]1C=C[C@@](C(=O)N2C[C@H]3C[C@@H]2CN3c2nccc(C(F)(F)F)n2)(C(C)C)C1. The highest BCUT2D eigenvalue weighted by Crippen LogP contribution is 2.48. The van der Waals surface area contributed by atoms with Gasteiger partial charge in [0, 0.05) is 33.0 Å². The van der Waals surface area contributed by atoms with Crippen LogP contribution in [-0.2, 0) is 20.4 Å². The van der Waals surface area contributed by atoms with E-state index < -0.39 is 17.3 Å². The predicted octanol–water partition coefficient (Wildman–Crippen LogP) is 3.95. The molecular formula is C26H35F3N4O3. The first-order valence-electron chi connectivity index (χ1n) is 12.9. The minimum Gasteiger partial charge on any atom is -0.379 e. The average Bonchev–Trinajstić information content (AvgIpc) is 3.58. The van der Waals surface area contributed by atoms with E-state index in [0.29, 0.717) is 31.5 Å². The van der Waals surface area contributed by atoms with Gasteiger partial charge in [-0.05, 0) is 49.5 Å². The highest BCUT2D eigenvalue weighted by molar-refractivity contribution is 5.86. The van der Waals surface area contributed by atoms with Crippen molar-refractivity contribution in [3.63, 3.8) is 0 Å². The zero-order valence-electron chi connectivity index (χ0n) is 21.1.